The van der Waals surface area contributed by atoms with Gasteiger partial charge in [-0.1, -0.05) is 35.9 Å². The zero-order valence-electron chi connectivity index (χ0n) is 12.4. The summed E-state index contributed by atoms with van der Waals surface area (Å²) in [5.74, 6) is 0. The van der Waals surface area contributed by atoms with Crippen LogP contribution in [0.5, 0.6) is 0 Å². The molecule has 0 amide bonds. The van der Waals surface area contributed by atoms with Crippen LogP contribution in [0.15, 0.2) is 41.3 Å². The number of hydrogen-bond acceptors (Lipinski definition) is 3. The van der Waals surface area contributed by atoms with Gasteiger partial charge in [-0.15, -0.1) is 24.8 Å². The molecule has 2 aromatic carbocycles. The molecular weight excluding hydrogens is 379 g/mol. The third-order valence-corrected chi connectivity index (χ3v) is 6.03. The SMILES string of the molecule is Cl.Cl.O=S(=O)(c1cccc2c(Cl)cccc12)N1CCCNCC1. The third-order valence-electron chi connectivity index (χ3n) is 3.75. The molecule has 1 heterocycles. The van der Waals surface area contributed by atoms with E-state index >= 15 is 0 Å². The highest BCUT2D eigenvalue weighted by Crippen LogP contribution is 2.30. The highest BCUT2D eigenvalue weighted by Gasteiger charge is 2.26. The van der Waals surface area contributed by atoms with Crippen molar-refractivity contribution in [2.24, 2.45) is 0 Å². The van der Waals surface area contributed by atoms with Crippen LogP contribution in [0.4, 0.5) is 0 Å². The average Bonchev–Trinajstić information content (AvgIpc) is 2.77. The normalized spacial score (nSPS) is 16.2. The number of benzene rings is 2. The molecule has 1 aliphatic heterocycles. The fraction of sp³-hybridized carbons (Fsp3) is 0.333. The molecule has 0 saturated carbocycles. The van der Waals surface area contributed by atoms with Crippen LogP contribution in [0.3, 0.4) is 0 Å². The molecule has 1 N–H and O–H groups in total. The summed E-state index contributed by atoms with van der Waals surface area (Å²) in [5, 5.41) is 5.25. The number of halogens is 3. The van der Waals surface area contributed by atoms with Gasteiger partial charge in [-0.2, -0.15) is 4.31 Å². The number of sulfonamides is 1. The lowest BCUT2D eigenvalue weighted by atomic mass is 10.1. The molecule has 0 unspecified atom stereocenters. The Morgan fingerprint density at radius 1 is 0.957 bits per heavy atom. The molecule has 0 aliphatic carbocycles. The number of nitrogens with one attached hydrogen (secondary N) is 1. The van der Waals surface area contributed by atoms with Crippen LogP contribution in [-0.2, 0) is 10.0 Å². The van der Waals surface area contributed by atoms with Crippen molar-refractivity contribution in [2.45, 2.75) is 11.3 Å². The van der Waals surface area contributed by atoms with Crippen LogP contribution in [0.1, 0.15) is 6.42 Å². The maximum atomic E-state index is 12.9. The zero-order chi connectivity index (χ0) is 14.9. The third kappa shape index (κ3) is 4.10. The van der Waals surface area contributed by atoms with Crippen molar-refractivity contribution in [3.63, 3.8) is 0 Å². The molecule has 0 atom stereocenters. The molecule has 0 spiro atoms. The molecule has 1 aliphatic rings. The van der Waals surface area contributed by atoms with Crippen molar-refractivity contribution in [1.29, 1.82) is 0 Å². The Morgan fingerprint density at radius 2 is 1.65 bits per heavy atom. The number of rotatable bonds is 2. The van der Waals surface area contributed by atoms with E-state index in [2.05, 4.69) is 5.32 Å². The zero-order valence-corrected chi connectivity index (χ0v) is 15.6. The largest absolute Gasteiger partial charge is 0.315 e. The average molecular weight is 398 g/mol. The van der Waals surface area contributed by atoms with Crippen LogP contribution >= 0.6 is 36.4 Å². The van der Waals surface area contributed by atoms with Gasteiger partial charge in [-0.25, -0.2) is 8.42 Å². The molecule has 1 saturated heterocycles. The molecule has 0 radical (unpaired) electrons. The van der Waals surface area contributed by atoms with Crippen molar-refractivity contribution >= 4 is 57.2 Å². The first-order chi connectivity index (χ1) is 10.1. The second kappa shape index (κ2) is 8.51. The molecule has 0 bridgehead atoms. The highest BCUT2D eigenvalue weighted by atomic mass is 35.5. The minimum absolute atomic E-state index is 0. The lowest BCUT2D eigenvalue weighted by Crippen LogP contribution is -2.34. The second-order valence-electron chi connectivity index (χ2n) is 5.10. The lowest BCUT2D eigenvalue weighted by Gasteiger charge is -2.20. The molecule has 3 rings (SSSR count). The predicted octanol–water partition coefficient (Wildman–Crippen LogP) is 3.32. The number of fused-ring (bicyclic) bond motifs is 1. The van der Waals surface area contributed by atoms with Gasteiger partial charge in [-0.3, -0.25) is 0 Å². The van der Waals surface area contributed by atoms with Gasteiger partial charge >= 0.3 is 0 Å². The van der Waals surface area contributed by atoms with Gasteiger partial charge < -0.3 is 5.32 Å². The minimum Gasteiger partial charge on any atom is -0.315 e. The van der Waals surface area contributed by atoms with Gasteiger partial charge in [0.05, 0.1) is 4.90 Å². The van der Waals surface area contributed by atoms with Gasteiger partial charge in [0.2, 0.25) is 10.0 Å². The summed E-state index contributed by atoms with van der Waals surface area (Å²) >= 11 is 6.17. The molecule has 1 fully saturated rings. The number of nitrogens with zero attached hydrogens (tertiary/aromatic N) is 1. The van der Waals surface area contributed by atoms with E-state index in [0.717, 1.165) is 18.4 Å². The molecule has 23 heavy (non-hydrogen) atoms. The van der Waals surface area contributed by atoms with E-state index in [-0.39, 0.29) is 24.8 Å². The van der Waals surface area contributed by atoms with Crippen molar-refractivity contribution in [3.8, 4) is 0 Å². The first-order valence-corrected chi connectivity index (χ1v) is 8.80. The lowest BCUT2D eigenvalue weighted by molar-refractivity contribution is 0.432. The molecule has 0 aromatic heterocycles. The summed E-state index contributed by atoms with van der Waals surface area (Å²) in [6.45, 7) is 2.59. The predicted molar refractivity (Wildman–Crippen MR) is 99.7 cm³/mol. The smallest absolute Gasteiger partial charge is 0.243 e. The Hall–Kier alpha value is -0.560. The van der Waals surface area contributed by atoms with Gasteiger partial charge in [0.1, 0.15) is 0 Å². The van der Waals surface area contributed by atoms with Gasteiger partial charge in [0.15, 0.2) is 0 Å². The molecule has 8 heteroatoms. The molecule has 128 valence electrons. The fourth-order valence-corrected chi connectivity index (χ4v) is 4.59. The Kier molecular flexibility index (Phi) is 7.58. The minimum atomic E-state index is -3.49. The standard InChI is InChI=1S/C15H17ClN2O2S.2ClH/c16-14-6-1-5-13-12(14)4-2-7-15(13)21(19,20)18-10-3-8-17-9-11-18;;/h1-2,4-7,17H,3,8-11H2;2*1H. The van der Waals surface area contributed by atoms with E-state index in [1.54, 1.807) is 28.6 Å². The molecular formula is C15H19Cl3N2O2S. The Morgan fingerprint density at radius 3 is 2.43 bits per heavy atom. The molecule has 4 nitrogen and oxygen atoms in total. The second-order valence-corrected chi connectivity index (χ2v) is 7.41. The van der Waals surface area contributed by atoms with E-state index in [1.165, 1.54) is 0 Å². The highest BCUT2D eigenvalue weighted by molar-refractivity contribution is 7.89. The number of hydrogen-bond donors (Lipinski definition) is 1. The van der Waals surface area contributed by atoms with Crippen molar-refractivity contribution in [3.05, 3.63) is 41.4 Å². The van der Waals surface area contributed by atoms with E-state index in [1.807, 2.05) is 12.1 Å². The first kappa shape index (κ1) is 20.5. The topological polar surface area (TPSA) is 49.4 Å². The summed E-state index contributed by atoms with van der Waals surface area (Å²) in [6.07, 6.45) is 0.824. The van der Waals surface area contributed by atoms with Crippen LogP contribution in [0, 0.1) is 0 Å². The van der Waals surface area contributed by atoms with Crippen molar-refractivity contribution in [1.82, 2.24) is 9.62 Å². The Balaban J connectivity index is 0.00000132. The van der Waals surface area contributed by atoms with Crippen LogP contribution < -0.4 is 5.32 Å². The summed E-state index contributed by atoms with van der Waals surface area (Å²) in [4.78, 5) is 0.337. The van der Waals surface area contributed by atoms with E-state index in [9.17, 15) is 8.42 Å². The first-order valence-electron chi connectivity index (χ1n) is 6.99. The van der Waals surface area contributed by atoms with Gasteiger partial charge in [-0.05, 0) is 25.1 Å². The maximum absolute atomic E-state index is 12.9. The van der Waals surface area contributed by atoms with Crippen LogP contribution in [0.2, 0.25) is 5.02 Å². The molecule has 2 aromatic rings. The summed E-state index contributed by atoms with van der Waals surface area (Å²) in [7, 11) is -3.49. The van der Waals surface area contributed by atoms with E-state index in [0.29, 0.717) is 34.9 Å². The van der Waals surface area contributed by atoms with Crippen LogP contribution in [-0.4, -0.2) is 38.9 Å². The summed E-state index contributed by atoms with van der Waals surface area (Å²) in [5.41, 5.74) is 0. The van der Waals surface area contributed by atoms with Crippen molar-refractivity contribution < 1.29 is 8.42 Å². The summed E-state index contributed by atoms with van der Waals surface area (Å²) < 4.78 is 27.4. The van der Waals surface area contributed by atoms with Gasteiger partial charge in [0.25, 0.3) is 0 Å². The van der Waals surface area contributed by atoms with Crippen LogP contribution in [0.25, 0.3) is 10.8 Å². The summed E-state index contributed by atoms with van der Waals surface area (Å²) in [6, 6.07) is 10.6. The Labute approximate surface area is 154 Å². The maximum Gasteiger partial charge on any atom is 0.243 e. The monoisotopic (exact) mass is 396 g/mol. The Bertz CT molecular complexity index is 760. The fourth-order valence-electron chi connectivity index (χ4n) is 2.67. The van der Waals surface area contributed by atoms with Gasteiger partial charge in [0, 0.05) is 35.4 Å². The van der Waals surface area contributed by atoms with E-state index < -0.39 is 10.0 Å². The van der Waals surface area contributed by atoms with Crippen molar-refractivity contribution in [2.75, 3.05) is 26.2 Å². The van der Waals surface area contributed by atoms with E-state index in [4.69, 9.17) is 11.6 Å². The quantitative estimate of drug-likeness (QED) is 0.845.